The number of benzene rings is 2. The van der Waals surface area contributed by atoms with Gasteiger partial charge in [-0.05, 0) is 63.8 Å². The number of nitrogens with zero attached hydrogens (tertiary/aromatic N) is 5. The summed E-state index contributed by atoms with van der Waals surface area (Å²) >= 11 is 0. The number of fused-ring (bicyclic) bond motifs is 2. The van der Waals surface area contributed by atoms with Crippen molar-refractivity contribution >= 4 is 30.5 Å². The van der Waals surface area contributed by atoms with Gasteiger partial charge in [0, 0.05) is 55.9 Å². The van der Waals surface area contributed by atoms with Crippen molar-refractivity contribution < 1.29 is 24.3 Å². The van der Waals surface area contributed by atoms with E-state index in [1.54, 1.807) is 28.8 Å². The van der Waals surface area contributed by atoms with Crippen LogP contribution >= 0.6 is 0 Å². The molecule has 0 saturated carbocycles. The van der Waals surface area contributed by atoms with Crippen LogP contribution in [0.4, 0.5) is 11.4 Å². The number of nitro benzene ring substituents is 1. The fourth-order valence-corrected chi connectivity index (χ4v) is 11.8. The maximum atomic E-state index is 14.9. The van der Waals surface area contributed by atoms with Crippen LogP contribution in [0.15, 0.2) is 72.0 Å². The van der Waals surface area contributed by atoms with E-state index in [1.165, 1.54) is 22.4 Å². The highest BCUT2D eigenvalue weighted by molar-refractivity contribution is 6.91. The van der Waals surface area contributed by atoms with Gasteiger partial charge in [0.1, 0.15) is 5.75 Å². The second kappa shape index (κ2) is 14.8. The topological polar surface area (TPSA) is 133 Å². The quantitative estimate of drug-likeness (QED) is 0.0934. The van der Waals surface area contributed by atoms with Crippen molar-refractivity contribution in [3.63, 3.8) is 0 Å². The predicted octanol–water partition coefficient (Wildman–Crippen LogP) is 6.08. The van der Waals surface area contributed by atoms with E-state index in [2.05, 4.69) is 75.4 Å². The maximum Gasteiger partial charge on any atom is 0.269 e. The molecule has 12 heteroatoms. The zero-order valence-electron chi connectivity index (χ0n) is 29.7. The molecule has 3 aromatic rings. The number of rotatable bonds is 14. The molecule has 0 bridgehead atoms. The van der Waals surface area contributed by atoms with E-state index >= 15 is 0 Å². The summed E-state index contributed by atoms with van der Waals surface area (Å²) in [7, 11) is -0.750. The van der Waals surface area contributed by atoms with Crippen molar-refractivity contribution in [3.8, 4) is 5.75 Å². The number of aryl methyl sites for hydroxylation is 1. The summed E-state index contributed by atoms with van der Waals surface area (Å²) in [6, 6.07) is 12.9. The lowest BCUT2D eigenvalue weighted by molar-refractivity contribution is -0.385. The number of amides is 1. The summed E-state index contributed by atoms with van der Waals surface area (Å²) in [5.74, 6) is 0.305. The van der Waals surface area contributed by atoms with E-state index in [-0.39, 0.29) is 35.8 Å². The molecule has 0 unspecified atom stereocenters. The molecule has 2 aliphatic heterocycles. The molecule has 2 aliphatic rings. The van der Waals surface area contributed by atoms with Crippen LogP contribution in [0.1, 0.15) is 58.2 Å². The van der Waals surface area contributed by atoms with Crippen LogP contribution in [0.5, 0.6) is 5.75 Å². The highest BCUT2D eigenvalue weighted by Crippen LogP contribution is 2.60. The molecule has 1 spiro atoms. The number of aromatic nitrogens is 3. The molecule has 1 aromatic heterocycles. The Hall–Kier alpha value is -4.13. The van der Waals surface area contributed by atoms with Crippen LogP contribution in [0.2, 0.25) is 18.6 Å². The van der Waals surface area contributed by atoms with Gasteiger partial charge in [0.15, 0.2) is 5.60 Å². The number of non-ortho nitro benzene ring substituents is 1. The Morgan fingerprint density at radius 3 is 2.55 bits per heavy atom. The SMILES string of the molecule is COc1ccc([Si](C)(C)[C@@H]2[C@@H](CCn3cc(CCO)nn3)O[C@]3(C(=O)N(C/C=C(\C)CCC=C(C)C)c4ccc([N+](=O)[O-])cc43)[C@H]2C)cc1. The minimum absolute atomic E-state index is 0.0114. The zero-order chi connectivity index (χ0) is 35.5. The molecule has 3 heterocycles. The summed E-state index contributed by atoms with van der Waals surface area (Å²) in [4.78, 5) is 28.3. The fourth-order valence-electron chi connectivity index (χ4n) is 7.74. The number of hydrogen-bond acceptors (Lipinski definition) is 8. The molecule has 0 aliphatic carbocycles. The number of anilines is 1. The van der Waals surface area contributed by atoms with Gasteiger partial charge in [-0.25, -0.2) is 0 Å². The van der Waals surface area contributed by atoms with Gasteiger partial charge in [-0.1, -0.05) is 65.8 Å². The number of aliphatic hydroxyl groups excluding tert-OH is 1. The van der Waals surface area contributed by atoms with E-state index in [9.17, 15) is 20.0 Å². The van der Waals surface area contributed by atoms with Crippen molar-refractivity contribution in [1.29, 1.82) is 0 Å². The van der Waals surface area contributed by atoms with Gasteiger partial charge in [-0.15, -0.1) is 5.10 Å². The van der Waals surface area contributed by atoms with Crippen LogP contribution in [-0.2, 0) is 28.1 Å². The lowest BCUT2D eigenvalue weighted by Gasteiger charge is -2.37. The monoisotopic (exact) mass is 687 g/mol. The van der Waals surface area contributed by atoms with Gasteiger partial charge in [0.25, 0.3) is 11.6 Å². The van der Waals surface area contributed by atoms with E-state index in [1.807, 2.05) is 18.3 Å². The normalized spacial score (nSPS) is 22.1. The van der Waals surface area contributed by atoms with Gasteiger partial charge >= 0.3 is 0 Å². The minimum atomic E-state index is -2.40. The number of ether oxygens (including phenoxy) is 2. The second-order valence-electron chi connectivity index (χ2n) is 14.1. The van der Waals surface area contributed by atoms with Gasteiger partial charge in [-0.3, -0.25) is 19.6 Å². The van der Waals surface area contributed by atoms with Gasteiger partial charge in [-0.2, -0.15) is 0 Å². The van der Waals surface area contributed by atoms with Crippen molar-refractivity contribution in [2.45, 2.75) is 90.3 Å². The standard InChI is InChI=1S/C37H49N5O6Si/c1-25(2)9-8-10-26(3)17-21-41-33-16-11-29(42(45)46)23-32(33)37(36(41)44)27(4)35(49(6,7)31-14-12-30(47-5)13-15-31)34(48-37)18-20-40-24-28(19-22-43)38-39-40/h9,11-17,23-24,27,34-35,43H,8,10,18-22H2,1-7H3/b26-17+/t27-,34+,35-,37+/m0/s1. The third kappa shape index (κ3) is 7.13. The van der Waals surface area contributed by atoms with Crippen molar-refractivity contribution in [3.05, 3.63) is 93.3 Å². The Labute approximate surface area is 289 Å². The van der Waals surface area contributed by atoms with E-state index in [4.69, 9.17) is 9.47 Å². The molecule has 262 valence electrons. The minimum Gasteiger partial charge on any atom is -0.497 e. The van der Waals surface area contributed by atoms with E-state index in [0.29, 0.717) is 42.9 Å². The van der Waals surface area contributed by atoms with Crippen LogP contribution in [0.25, 0.3) is 0 Å². The summed E-state index contributed by atoms with van der Waals surface area (Å²) in [6.07, 6.45) is 8.56. The van der Waals surface area contributed by atoms with Crippen molar-refractivity contribution in [1.82, 2.24) is 15.0 Å². The van der Waals surface area contributed by atoms with Gasteiger partial charge < -0.3 is 19.5 Å². The number of allylic oxidation sites excluding steroid dienone is 3. The number of hydrogen-bond donors (Lipinski definition) is 1. The van der Waals surface area contributed by atoms with Gasteiger partial charge in [0.2, 0.25) is 0 Å². The number of carbonyl (C=O) groups is 1. The van der Waals surface area contributed by atoms with Crippen molar-refractivity contribution in [2.24, 2.45) is 5.92 Å². The molecule has 1 amide bonds. The Morgan fingerprint density at radius 1 is 1.16 bits per heavy atom. The highest BCUT2D eigenvalue weighted by atomic mass is 28.3. The van der Waals surface area contributed by atoms with Crippen LogP contribution in [-0.4, -0.2) is 65.4 Å². The molecule has 2 aromatic carbocycles. The first-order chi connectivity index (χ1) is 23.3. The average Bonchev–Trinajstić information content (AvgIpc) is 3.71. The molecule has 49 heavy (non-hydrogen) atoms. The summed E-state index contributed by atoms with van der Waals surface area (Å²) < 4.78 is 14.3. The van der Waals surface area contributed by atoms with Crippen LogP contribution in [0.3, 0.4) is 0 Å². The lowest BCUT2D eigenvalue weighted by atomic mass is 9.82. The molecular formula is C37H49N5O6Si. The number of aliphatic hydroxyl groups is 1. The van der Waals surface area contributed by atoms with E-state index in [0.717, 1.165) is 18.6 Å². The van der Waals surface area contributed by atoms with Crippen molar-refractivity contribution in [2.75, 3.05) is 25.2 Å². The fraction of sp³-hybridized carbons (Fsp3) is 0.486. The largest absolute Gasteiger partial charge is 0.497 e. The number of nitro groups is 1. The van der Waals surface area contributed by atoms with Crippen LogP contribution in [0, 0.1) is 16.0 Å². The molecule has 11 nitrogen and oxygen atoms in total. The first kappa shape index (κ1) is 36.2. The average molecular weight is 688 g/mol. The second-order valence-corrected chi connectivity index (χ2v) is 18.8. The Morgan fingerprint density at radius 2 is 1.90 bits per heavy atom. The smallest absolute Gasteiger partial charge is 0.269 e. The molecule has 1 N–H and O–H groups in total. The molecule has 4 atom stereocenters. The third-order valence-corrected chi connectivity index (χ3v) is 14.7. The zero-order valence-corrected chi connectivity index (χ0v) is 30.7. The molecule has 1 saturated heterocycles. The maximum absolute atomic E-state index is 14.9. The summed E-state index contributed by atoms with van der Waals surface area (Å²) in [5, 5.41) is 31.1. The lowest BCUT2D eigenvalue weighted by Crippen LogP contribution is -2.52. The Kier molecular flexibility index (Phi) is 10.9. The van der Waals surface area contributed by atoms with Gasteiger partial charge in [0.05, 0.1) is 37.6 Å². The Balaban J connectivity index is 1.57. The summed E-state index contributed by atoms with van der Waals surface area (Å²) in [6.45, 7) is 13.8. The molecular weight excluding hydrogens is 639 g/mol. The first-order valence-electron chi connectivity index (χ1n) is 17.1. The molecule has 0 radical (unpaired) electrons. The first-order valence-corrected chi connectivity index (χ1v) is 20.1. The molecule has 1 fully saturated rings. The molecule has 5 rings (SSSR count). The van der Waals surface area contributed by atoms with E-state index < -0.39 is 18.6 Å². The number of methoxy groups -OCH3 is 1. The Bertz CT molecular complexity index is 1730. The predicted molar refractivity (Wildman–Crippen MR) is 193 cm³/mol. The number of carbonyl (C=O) groups excluding carboxylic acids is 1. The summed E-state index contributed by atoms with van der Waals surface area (Å²) in [5.41, 5.74) is 2.88. The van der Waals surface area contributed by atoms with Crippen LogP contribution < -0.4 is 14.8 Å². The third-order valence-electron chi connectivity index (χ3n) is 10.3. The highest BCUT2D eigenvalue weighted by Gasteiger charge is 2.66.